The standard InChI is InChI=1S/C9H7N5O.C5H11N/c10-7-5-1-2-11-8(5)12-3-6(7)9-14-13-4-15-9;1-2-4-6-5-3-1/h1-4H,(H3,10,11,12);6H,1-5H2. The van der Waals surface area contributed by atoms with Crippen molar-refractivity contribution in [1.29, 1.82) is 0 Å². The van der Waals surface area contributed by atoms with Crippen LogP contribution in [0, 0.1) is 0 Å². The predicted octanol–water partition coefficient (Wildman–Crippen LogP) is 1.95. The zero-order valence-electron chi connectivity index (χ0n) is 11.7. The van der Waals surface area contributed by atoms with Crippen LogP contribution in [0.25, 0.3) is 22.5 Å². The molecule has 110 valence electrons. The number of aromatic nitrogens is 4. The van der Waals surface area contributed by atoms with Crippen LogP contribution in [0.5, 0.6) is 0 Å². The molecule has 4 rings (SSSR count). The fourth-order valence-electron chi connectivity index (χ4n) is 2.29. The van der Waals surface area contributed by atoms with Crippen molar-refractivity contribution in [3.8, 4) is 11.5 Å². The number of hydrogen-bond acceptors (Lipinski definition) is 6. The number of aromatic amines is 1. The highest BCUT2D eigenvalue weighted by Gasteiger charge is 2.11. The molecule has 0 bridgehead atoms. The molecule has 3 aromatic heterocycles. The maximum atomic E-state index is 5.97. The highest BCUT2D eigenvalue weighted by Crippen LogP contribution is 2.28. The molecular formula is C14H18N6O. The number of anilines is 1. The summed E-state index contributed by atoms with van der Waals surface area (Å²) in [6.07, 6.45) is 8.87. The third-order valence-corrected chi connectivity index (χ3v) is 3.43. The van der Waals surface area contributed by atoms with E-state index >= 15 is 0 Å². The first-order valence-electron chi connectivity index (χ1n) is 7.05. The largest absolute Gasteiger partial charge is 0.423 e. The Morgan fingerprint density at radius 1 is 1.19 bits per heavy atom. The second-order valence-electron chi connectivity index (χ2n) is 4.88. The number of pyridine rings is 1. The highest BCUT2D eigenvalue weighted by molar-refractivity contribution is 5.95. The van der Waals surface area contributed by atoms with Crippen molar-refractivity contribution in [2.45, 2.75) is 19.3 Å². The molecule has 1 aliphatic rings. The molecule has 1 aliphatic heterocycles. The lowest BCUT2D eigenvalue weighted by molar-refractivity contribution is 0.520. The maximum absolute atomic E-state index is 5.97. The highest BCUT2D eigenvalue weighted by atomic mass is 16.4. The van der Waals surface area contributed by atoms with Gasteiger partial charge in [-0.1, -0.05) is 6.42 Å². The van der Waals surface area contributed by atoms with Crippen LogP contribution in [-0.2, 0) is 0 Å². The molecule has 1 fully saturated rings. The van der Waals surface area contributed by atoms with Gasteiger partial charge in [0.25, 0.3) is 5.89 Å². The Balaban J connectivity index is 0.000000186. The minimum Gasteiger partial charge on any atom is -0.423 e. The van der Waals surface area contributed by atoms with E-state index in [2.05, 4.69) is 25.5 Å². The van der Waals surface area contributed by atoms with Crippen LogP contribution < -0.4 is 11.1 Å². The predicted molar refractivity (Wildman–Crippen MR) is 80.5 cm³/mol. The molecule has 7 nitrogen and oxygen atoms in total. The first kappa shape index (κ1) is 13.6. The fraction of sp³-hybridized carbons (Fsp3) is 0.357. The summed E-state index contributed by atoms with van der Waals surface area (Å²) in [6.45, 7) is 2.50. The molecule has 0 amide bonds. The quantitative estimate of drug-likeness (QED) is 0.631. The number of fused-ring (bicyclic) bond motifs is 1. The van der Waals surface area contributed by atoms with E-state index in [0.29, 0.717) is 17.1 Å². The van der Waals surface area contributed by atoms with Crippen LogP contribution in [-0.4, -0.2) is 33.3 Å². The van der Waals surface area contributed by atoms with E-state index in [0.717, 1.165) is 11.0 Å². The van der Waals surface area contributed by atoms with Crippen molar-refractivity contribution in [1.82, 2.24) is 25.5 Å². The lowest BCUT2D eigenvalue weighted by Crippen LogP contribution is -2.21. The summed E-state index contributed by atoms with van der Waals surface area (Å²) >= 11 is 0. The van der Waals surface area contributed by atoms with Gasteiger partial charge in [0.1, 0.15) is 5.65 Å². The molecule has 4 heterocycles. The molecule has 0 unspecified atom stereocenters. The van der Waals surface area contributed by atoms with E-state index in [9.17, 15) is 0 Å². The van der Waals surface area contributed by atoms with Gasteiger partial charge in [-0.2, -0.15) is 0 Å². The van der Waals surface area contributed by atoms with Gasteiger partial charge in [-0.15, -0.1) is 10.2 Å². The summed E-state index contributed by atoms with van der Waals surface area (Å²) in [4.78, 5) is 7.17. The summed E-state index contributed by atoms with van der Waals surface area (Å²) in [7, 11) is 0. The number of rotatable bonds is 1. The van der Waals surface area contributed by atoms with Gasteiger partial charge in [0.2, 0.25) is 6.39 Å². The minimum atomic E-state index is 0.378. The van der Waals surface area contributed by atoms with Crippen molar-refractivity contribution in [2.75, 3.05) is 18.8 Å². The van der Waals surface area contributed by atoms with Gasteiger partial charge in [-0.05, 0) is 32.0 Å². The van der Waals surface area contributed by atoms with Gasteiger partial charge in [0.05, 0.1) is 11.3 Å². The Morgan fingerprint density at radius 2 is 2.05 bits per heavy atom. The summed E-state index contributed by atoms with van der Waals surface area (Å²) in [5.41, 5.74) is 7.95. The number of nitrogens with zero attached hydrogens (tertiary/aromatic N) is 3. The van der Waals surface area contributed by atoms with E-state index in [1.807, 2.05) is 6.07 Å². The Kier molecular flexibility index (Phi) is 4.11. The fourth-order valence-corrected chi connectivity index (χ4v) is 2.29. The van der Waals surface area contributed by atoms with Crippen molar-refractivity contribution in [3.63, 3.8) is 0 Å². The Bertz CT molecular complexity index is 675. The Labute approximate surface area is 122 Å². The molecular weight excluding hydrogens is 268 g/mol. The van der Waals surface area contributed by atoms with Gasteiger partial charge in [0, 0.05) is 17.8 Å². The molecule has 4 N–H and O–H groups in total. The zero-order chi connectivity index (χ0) is 14.5. The van der Waals surface area contributed by atoms with Gasteiger partial charge < -0.3 is 20.5 Å². The Hall–Kier alpha value is -2.41. The number of nitrogen functional groups attached to an aromatic ring is 1. The van der Waals surface area contributed by atoms with Gasteiger partial charge in [-0.25, -0.2) is 4.98 Å². The van der Waals surface area contributed by atoms with Crippen LogP contribution in [0.2, 0.25) is 0 Å². The molecule has 0 atom stereocenters. The van der Waals surface area contributed by atoms with Crippen LogP contribution in [0.15, 0.2) is 29.3 Å². The van der Waals surface area contributed by atoms with Gasteiger partial charge in [-0.3, -0.25) is 0 Å². The summed E-state index contributed by atoms with van der Waals surface area (Å²) in [5, 5.41) is 11.5. The number of nitrogens with one attached hydrogen (secondary N) is 2. The van der Waals surface area contributed by atoms with E-state index in [1.165, 1.54) is 38.7 Å². The Morgan fingerprint density at radius 3 is 2.67 bits per heavy atom. The zero-order valence-corrected chi connectivity index (χ0v) is 11.7. The van der Waals surface area contributed by atoms with Crippen LogP contribution in [0.4, 0.5) is 5.69 Å². The molecule has 0 radical (unpaired) electrons. The molecule has 0 aromatic carbocycles. The topological polar surface area (TPSA) is 106 Å². The third kappa shape index (κ3) is 3.03. The first-order valence-corrected chi connectivity index (χ1v) is 7.05. The second-order valence-corrected chi connectivity index (χ2v) is 4.88. The minimum absolute atomic E-state index is 0.378. The lowest BCUT2D eigenvalue weighted by atomic mass is 10.2. The third-order valence-electron chi connectivity index (χ3n) is 3.43. The molecule has 21 heavy (non-hydrogen) atoms. The molecule has 1 saturated heterocycles. The number of H-pyrrole nitrogens is 1. The van der Waals surface area contributed by atoms with Crippen LogP contribution in [0.1, 0.15) is 19.3 Å². The first-order chi connectivity index (χ1) is 10.4. The molecule has 7 heteroatoms. The summed E-state index contributed by atoms with van der Waals surface area (Å²) < 4.78 is 5.07. The van der Waals surface area contributed by atoms with Crippen molar-refractivity contribution in [2.24, 2.45) is 0 Å². The van der Waals surface area contributed by atoms with E-state index in [4.69, 9.17) is 10.2 Å². The van der Waals surface area contributed by atoms with Crippen molar-refractivity contribution < 1.29 is 4.42 Å². The summed E-state index contributed by atoms with van der Waals surface area (Å²) in [6, 6.07) is 1.86. The number of piperidine rings is 1. The van der Waals surface area contributed by atoms with Crippen molar-refractivity contribution >= 4 is 16.7 Å². The van der Waals surface area contributed by atoms with Crippen LogP contribution >= 0.6 is 0 Å². The van der Waals surface area contributed by atoms with Crippen molar-refractivity contribution in [3.05, 3.63) is 24.9 Å². The SMILES string of the molecule is C1CCNCC1.Nc1c(-c2nnco2)cnc2[nH]ccc12. The molecule has 0 aliphatic carbocycles. The maximum Gasteiger partial charge on any atom is 0.251 e. The average Bonchev–Trinajstić information content (AvgIpc) is 3.21. The smallest absolute Gasteiger partial charge is 0.251 e. The second kappa shape index (κ2) is 6.36. The lowest BCUT2D eigenvalue weighted by Gasteiger charge is -2.08. The monoisotopic (exact) mass is 286 g/mol. The normalized spacial score (nSPS) is 14.7. The molecule has 0 saturated carbocycles. The average molecular weight is 286 g/mol. The van der Waals surface area contributed by atoms with Gasteiger partial charge >= 0.3 is 0 Å². The van der Waals surface area contributed by atoms with E-state index < -0.39 is 0 Å². The van der Waals surface area contributed by atoms with E-state index in [-0.39, 0.29) is 0 Å². The molecule has 3 aromatic rings. The van der Waals surface area contributed by atoms with E-state index in [1.54, 1.807) is 12.4 Å². The van der Waals surface area contributed by atoms with Crippen LogP contribution in [0.3, 0.4) is 0 Å². The van der Waals surface area contributed by atoms with Gasteiger partial charge in [0.15, 0.2) is 0 Å². The summed E-state index contributed by atoms with van der Waals surface area (Å²) in [5.74, 6) is 0.378. The number of nitrogens with two attached hydrogens (primary N) is 1. The molecule has 0 spiro atoms. The number of hydrogen-bond donors (Lipinski definition) is 3.